The average Bonchev–Trinajstić information content (AvgIpc) is 2.40. The highest BCUT2D eigenvalue weighted by molar-refractivity contribution is 5.55. The zero-order valence-electron chi connectivity index (χ0n) is 11.6. The quantitative estimate of drug-likeness (QED) is 0.924. The summed E-state index contributed by atoms with van der Waals surface area (Å²) in [6, 6.07) is 11.0. The number of rotatable bonds is 4. The second-order valence-corrected chi connectivity index (χ2v) is 4.91. The number of nitrogens with zero attached hydrogens (tertiary/aromatic N) is 1. The van der Waals surface area contributed by atoms with Gasteiger partial charge in [-0.15, -0.1) is 0 Å². The van der Waals surface area contributed by atoms with Gasteiger partial charge in [0.05, 0.1) is 5.69 Å². The summed E-state index contributed by atoms with van der Waals surface area (Å²) in [6.07, 6.45) is 0. The maximum Gasteiger partial charge on any atom is 0.146 e. The van der Waals surface area contributed by atoms with Gasteiger partial charge in [0, 0.05) is 25.2 Å². The minimum atomic E-state index is -0.348. The van der Waals surface area contributed by atoms with E-state index in [1.807, 2.05) is 0 Å². The van der Waals surface area contributed by atoms with E-state index in [9.17, 15) is 8.78 Å². The van der Waals surface area contributed by atoms with Crippen LogP contribution in [0.5, 0.6) is 0 Å². The van der Waals surface area contributed by atoms with E-state index in [2.05, 4.69) is 0 Å². The molecule has 0 bridgehead atoms. The second kappa shape index (κ2) is 6.01. The lowest BCUT2D eigenvalue weighted by molar-refractivity contribution is 0.598. The van der Waals surface area contributed by atoms with E-state index in [4.69, 9.17) is 5.73 Å². The van der Waals surface area contributed by atoms with E-state index < -0.39 is 0 Å². The smallest absolute Gasteiger partial charge is 0.146 e. The molecule has 2 N–H and O–H groups in total. The monoisotopic (exact) mass is 276 g/mol. The number of anilines is 1. The Kier molecular flexibility index (Phi) is 4.35. The fourth-order valence-electron chi connectivity index (χ4n) is 2.26. The molecule has 0 aliphatic heterocycles. The number of benzene rings is 2. The predicted octanol–water partition coefficient (Wildman–Crippen LogP) is 3.62. The van der Waals surface area contributed by atoms with Crippen LogP contribution in [0.25, 0.3) is 0 Å². The molecule has 0 aromatic heterocycles. The Bertz CT molecular complexity index is 597. The Morgan fingerprint density at radius 1 is 1.05 bits per heavy atom. The number of hydrogen-bond donors (Lipinski definition) is 1. The maximum atomic E-state index is 14.1. The van der Waals surface area contributed by atoms with Crippen LogP contribution in [-0.2, 0) is 6.54 Å². The molecule has 0 saturated heterocycles. The van der Waals surface area contributed by atoms with E-state index in [1.54, 1.807) is 49.2 Å². The predicted molar refractivity (Wildman–Crippen MR) is 77.5 cm³/mol. The van der Waals surface area contributed by atoms with Crippen molar-refractivity contribution in [2.75, 3.05) is 11.9 Å². The Morgan fingerprint density at radius 3 is 2.35 bits per heavy atom. The van der Waals surface area contributed by atoms with Gasteiger partial charge in [-0.3, -0.25) is 0 Å². The molecule has 2 aromatic carbocycles. The van der Waals surface area contributed by atoms with E-state index >= 15 is 0 Å². The van der Waals surface area contributed by atoms with Crippen LogP contribution >= 0.6 is 0 Å². The third kappa shape index (κ3) is 2.96. The number of halogens is 2. The lowest BCUT2D eigenvalue weighted by atomic mass is 10.0. The van der Waals surface area contributed by atoms with E-state index in [0.29, 0.717) is 16.8 Å². The van der Waals surface area contributed by atoms with Crippen LogP contribution in [0.4, 0.5) is 14.5 Å². The first-order valence-corrected chi connectivity index (χ1v) is 6.49. The highest BCUT2D eigenvalue weighted by Crippen LogP contribution is 2.28. The van der Waals surface area contributed by atoms with Crippen LogP contribution in [0.15, 0.2) is 42.5 Å². The topological polar surface area (TPSA) is 29.3 Å². The standard InChI is InChI=1S/C16H18F2N2/c1-11(19)13-7-5-9-15(18)16(13)20(2)10-12-6-3-4-8-14(12)17/h3-9,11H,10,19H2,1-2H3/t11-/m1/s1. The molecule has 0 spiro atoms. The summed E-state index contributed by atoms with van der Waals surface area (Å²) in [5, 5.41) is 0. The van der Waals surface area contributed by atoms with Crippen molar-refractivity contribution in [2.45, 2.75) is 19.5 Å². The normalized spacial score (nSPS) is 12.2. The van der Waals surface area contributed by atoms with Crippen molar-refractivity contribution in [2.24, 2.45) is 5.73 Å². The fourth-order valence-corrected chi connectivity index (χ4v) is 2.26. The van der Waals surface area contributed by atoms with Crippen LogP contribution in [0.2, 0.25) is 0 Å². The van der Waals surface area contributed by atoms with Crippen molar-refractivity contribution in [3.63, 3.8) is 0 Å². The van der Waals surface area contributed by atoms with Gasteiger partial charge in [-0.2, -0.15) is 0 Å². The first kappa shape index (κ1) is 14.5. The van der Waals surface area contributed by atoms with Gasteiger partial charge in [0.15, 0.2) is 0 Å². The van der Waals surface area contributed by atoms with Gasteiger partial charge in [-0.1, -0.05) is 30.3 Å². The Labute approximate surface area is 117 Å². The largest absolute Gasteiger partial charge is 0.368 e. The van der Waals surface area contributed by atoms with Crippen molar-refractivity contribution in [1.29, 1.82) is 0 Å². The summed E-state index contributed by atoms with van der Waals surface area (Å²) in [5.41, 5.74) is 7.53. The summed E-state index contributed by atoms with van der Waals surface area (Å²) in [5.74, 6) is -0.642. The van der Waals surface area contributed by atoms with Crippen molar-refractivity contribution in [3.05, 3.63) is 65.2 Å². The van der Waals surface area contributed by atoms with Gasteiger partial charge < -0.3 is 10.6 Å². The van der Waals surface area contributed by atoms with Crippen LogP contribution in [0, 0.1) is 11.6 Å². The van der Waals surface area contributed by atoms with E-state index in [0.717, 1.165) is 0 Å². The fraction of sp³-hybridized carbons (Fsp3) is 0.250. The molecule has 4 heteroatoms. The molecule has 0 amide bonds. The summed E-state index contributed by atoms with van der Waals surface area (Å²) in [4.78, 5) is 1.69. The van der Waals surface area contributed by atoms with Crippen LogP contribution in [0.3, 0.4) is 0 Å². The Morgan fingerprint density at radius 2 is 1.70 bits per heavy atom. The van der Waals surface area contributed by atoms with Gasteiger partial charge in [0.25, 0.3) is 0 Å². The van der Waals surface area contributed by atoms with Gasteiger partial charge in [0.2, 0.25) is 0 Å². The number of para-hydroxylation sites is 1. The van der Waals surface area contributed by atoms with Crippen molar-refractivity contribution in [3.8, 4) is 0 Å². The minimum Gasteiger partial charge on any atom is -0.368 e. The molecule has 0 aliphatic carbocycles. The van der Waals surface area contributed by atoms with Gasteiger partial charge in [0.1, 0.15) is 11.6 Å². The molecule has 2 aromatic rings. The van der Waals surface area contributed by atoms with Gasteiger partial charge in [-0.05, 0) is 24.6 Å². The minimum absolute atomic E-state index is 0.285. The molecule has 0 aliphatic rings. The summed E-state index contributed by atoms with van der Waals surface area (Å²) >= 11 is 0. The van der Waals surface area contributed by atoms with Crippen molar-refractivity contribution in [1.82, 2.24) is 0 Å². The molecule has 0 radical (unpaired) electrons. The molecule has 0 fully saturated rings. The lowest BCUT2D eigenvalue weighted by Gasteiger charge is -2.24. The number of nitrogens with two attached hydrogens (primary N) is 1. The zero-order valence-corrected chi connectivity index (χ0v) is 11.6. The van der Waals surface area contributed by atoms with Crippen LogP contribution in [0.1, 0.15) is 24.1 Å². The van der Waals surface area contributed by atoms with Crippen molar-refractivity contribution >= 4 is 5.69 Å². The molecule has 0 saturated carbocycles. The first-order chi connectivity index (χ1) is 9.50. The van der Waals surface area contributed by atoms with Gasteiger partial charge in [-0.25, -0.2) is 8.78 Å². The molecule has 0 unspecified atom stereocenters. The van der Waals surface area contributed by atoms with Crippen LogP contribution < -0.4 is 10.6 Å². The average molecular weight is 276 g/mol. The van der Waals surface area contributed by atoms with E-state index in [-0.39, 0.29) is 24.2 Å². The number of hydrogen-bond acceptors (Lipinski definition) is 2. The lowest BCUT2D eigenvalue weighted by Crippen LogP contribution is -2.22. The molecular formula is C16H18F2N2. The Hall–Kier alpha value is -1.94. The molecule has 2 nitrogen and oxygen atoms in total. The van der Waals surface area contributed by atoms with Crippen molar-refractivity contribution < 1.29 is 8.78 Å². The van der Waals surface area contributed by atoms with Crippen LogP contribution in [-0.4, -0.2) is 7.05 Å². The summed E-state index contributed by atoms with van der Waals surface area (Å²) in [6.45, 7) is 2.09. The SMILES string of the molecule is C[C@@H](N)c1cccc(F)c1N(C)Cc1ccccc1F. The third-order valence-corrected chi connectivity index (χ3v) is 3.26. The summed E-state index contributed by atoms with van der Waals surface area (Å²) < 4.78 is 27.8. The first-order valence-electron chi connectivity index (χ1n) is 6.49. The second-order valence-electron chi connectivity index (χ2n) is 4.91. The highest BCUT2D eigenvalue weighted by atomic mass is 19.1. The molecule has 20 heavy (non-hydrogen) atoms. The molecule has 2 rings (SSSR count). The molecule has 106 valence electrons. The van der Waals surface area contributed by atoms with E-state index in [1.165, 1.54) is 12.1 Å². The highest BCUT2D eigenvalue weighted by Gasteiger charge is 2.16. The molecule has 0 heterocycles. The maximum absolute atomic E-state index is 14.1. The molecule has 1 atom stereocenters. The zero-order chi connectivity index (χ0) is 14.7. The Balaban J connectivity index is 2.34. The molecular weight excluding hydrogens is 258 g/mol. The summed E-state index contributed by atoms with van der Waals surface area (Å²) in [7, 11) is 1.73. The third-order valence-electron chi connectivity index (χ3n) is 3.26. The van der Waals surface area contributed by atoms with Gasteiger partial charge >= 0.3 is 0 Å².